The van der Waals surface area contributed by atoms with E-state index in [0.717, 1.165) is 26.2 Å². The highest BCUT2D eigenvalue weighted by Gasteiger charge is 2.15. The lowest BCUT2D eigenvalue weighted by molar-refractivity contribution is 0.400. The Hall–Kier alpha value is -1.22. The van der Waals surface area contributed by atoms with Crippen LogP contribution in [0.5, 0.6) is 0 Å². The van der Waals surface area contributed by atoms with Crippen molar-refractivity contribution in [3.8, 4) is 0 Å². The fraction of sp³-hybridized carbons (Fsp3) is 0.625. The lowest BCUT2D eigenvalue weighted by Gasteiger charge is -2.29. The molecule has 0 amide bonds. The monoisotopic (exact) mass is 261 g/mol. The molecule has 0 radical (unpaired) electrons. The van der Waals surface area contributed by atoms with Crippen LogP contribution in [0.2, 0.25) is 0 Å². The number of hydrogen-bond donors (Lipinski definition) is 1. The summed E-state index contributed by atoms with van der Waals surface area (Å²) >= 11 is 0. The van der Waals surface area contributed by atoms with Gasteiger partial charge in [0, 0.05) is 31.0 Å². The third-order valence-corrected chi connectivity index (χ3v) is 3.83. The Balaban J connectivity index is 2.09. The van der Waals surface area contributed by atoms with Gasteiger partial charge < -0.3 is 15.1 Å². The third-order valence-electron chi connectivity index (χ3n) is 3.83. The highest BCUT2D eigenvalue weighted by Crippen LogP contribution is 2.31. The number of nitrogens with zero attached hydrogens (tertiary/aromatic N) is 2. The van der Waals surface area contributed by atoms with Gasteiger partial charge in [-0.15, -0.1) is 0 Å². The zero-order valence-electron chi connectivity index (χ0n) is 12.6. The minimum Gasteiger partial charge on any atom is -0.385 e. The van der Waals surface area contributed by atoms with Crippen molar-refractivity contribution in [1.82, 2.24) is 4.90 Å². The van der Waals surface area contributed by atoms with Crippen molar-refractivity contribution in [3.63, 3.8) is 0 Å². The molecule has 1 aliphatic heterocycles. The molecule has 19 heavy (non-hydrogen) atoms. The quantitative estimate of drug-likeness (QED) is 0.849. The van der Waals surface area contributed by atoms with Gasteiger partial charge in [0.25, 0.3) is 0 Å². The first-order chi connectivity index (χ1) is 9.22. The minimum absolute atomic E-state index is 1.09. The van der Waals surface area contributed by atoms with Gasteiger partial charge in [0.05, 0.1) is 0 Å². The second-order valence-electron chi connectivity index (χ2n) is 5.57. The molecule has 0 saturated heterocycles. The Labute approximate surface area is 117 Å². The van der Waals surface area contributed by atoms with Crippen molar-refractivity contribution < 1.29 is 0 Å². The molecule has 1 aliphatic rings. The Morgan fingerprint density at radius 1 is 1.21 bits per heavy atom. The average Bonchev–Trinajstić information content (AvgIpc) is 2.43. The summed E-state index contributed by atoms with van der Waals surface area (Å²) in [5, 5.41) is 3.52. The number of benzene rings is 1. The summed E-state index contributed by atoms with van der Waals surface area (Å²) in [6.45, 7) is 6.76. The van der Waals surface area contributed by atoms with Crippen LogP contribution in [0.25, 0.3) is 0 Å². The van der Waals surface area contributed by atoms with E-state index in [1.807, 2.05) is 0 Å². The molecule has 1 N–H and O–H groups in total. The third kappa shape index (κ3) is 3.63. The minimum atomic E-state index is 1.09. The maximum Gasteiger partial charge on any atom is 0.0419 e. The van der Waals surface area contributed by atoms with E-state index in [1.165, 1.54) is 36.2 Å². The van der Waals surface area contributed by atoms with E-state index >= 15 is 0 Å². The topological polar surface area (TPSA) is 18.5 Å². The maximum atomic E-state index is 3.52. The summed E-state index contributed by atoms with van der Waals surface area (Å²) in [6.07, 6.45) is 3.68. The van der Waals surface area contributed by atoms with E-state index in [-0.39, 0.29) is 0 Å². The van der Waals surface area contributed by atoms with Crippen molar-refractivity contribution in [2.75, 3.05) is 50.5 Å². The molecular formula is C16H27N3. The predicted octanol–water partition coefficient (Wildman–Crippen LogP) is 2.82. The van der Waals surface area contributed by atoms with Crippen LogP contribution in [-0.2, 0) is 6.42 Å². The zero-order chi connectivity index (χ0) is 13.7. The summed E-state index contributed by atoms with van der Waals surface area (Å²) in [5.41, 5.74) is 4.29. The van der Waals surface area contributed by atoms with Gasteiger partial charge in [-0.25, -0.2) is 0 Å². The van der Waals surface area contributed by atoms with Gasteiger partial charge in [-0.05, 0) is 64.5 Å². The van der Waals surface area contributed by atoms with Gasteiger partial charge in [-0.3, -0.25) is 0 Å². The van der Waals surface area contributed by atoms with Crippen LogP contribution in [0.4, 0.5) is 11.4 Å². The first kappa shape index (κ1) is 14.2. The maximum absolute atomic E-state index is 3.52. The summed E-state index contributed by atoms with van der Waals surface area (Å²) in [4.78, 5) is 4.78. The molecular weight excluding hydrogens is 234 g/mol. The molecule has 0 fully saturated rings. The molecule has 3 heteroatoms. The van der Waals surface area contributed by atoms with Gasteiger partial charge in [-0.2, -0.15) is 0 Å². The number of rotatable bonds is 6. The molecule has 1 heterocycles. The average molecular weight is 261 g/mol. The molecule has 106 valence electrons. The normalized spacial score (nSPS) is 14.1. The van der Waals surface area contributed by atoms with E-state index in [0.29, 0.717) is 0 Å². The number of hydrogen-bond acceptors (Lipinski definition) is 3. The van der Waals surface area contributed by atoms with Crippen LogP contribution in [0.1, 0.15) is 25.3 Å². The summed E-state index contributed by atoms with van der Waals surface area (Å²) in [5.74, 6) is 0. The Kier molecular flexibility index (Phi) is 5.08. The molecule has 0 unspecified atom stereocenters. The number of anilines is 2. The van der Waals surface area contributed by atoms with Gasteiger partial charge in [0.1, 0.15) is 0 Å². The number of nitrogens with one attached hydrogen (secondary N) is 1. The van der Waals surface area contributed by atoms with Crippen LogP contribution in [0, 0.1) is 0 Å². The molecule has 1 aromatic rings. The lowest BCUT2D eigenvalue weighted by atomic mass is 10.0. The highest BCUT2D eigenvalue weighted by molar-refractivity contribution is 5.67. The molecule has 1 aromatic carbocycles. The van der Waals surface area contributed by atoms with E-state index in [1.54, 1.807) is 0 Å². The first-order valence-corrected chi connectivity index (χ1v) is 7.47. The SMILES string of the molecule is CCN(CCCN(C)C)c1cccc2c1CCCN2. The van der Waals surface area contributed by atoms with Crippen molar-refractivity contribution in [2.24, 2.45) is 0 Å². The Bertz CT molecular complexity index is 401. The van der Waals surface area contributed by atoms with E-state index in [2.05, 4.69) is 54.3 Å². The van der Waals surface area contributed by atoms with Crippen molar-refractivity contribution in [2.45, 2.75) is 26.2 Å². The van der Waals surface area contributed by atoms with Crippen molar-refractivity contribution in [3.05, 3.63) is 23.8 Å². The summed E-state index contributed by atoms with van der Waals surface area (Å²) in [7, 11) is 4.29. The molecule has 0 atom stereocenters. The predicted molar refractivity (Wildman–Crippen MR) is 84.3 cm³/mol. The highest BCUT2D eigenvalue weighted by atomic mass is 15.1. The van der Waals surface area contributed by atoms with Crippen LogP contribution < -0.4 is 10.2 Å². The second-order valence-corrected chi connectivity index (χ2v) is 5.57. The molecule has 0 saturated carbocycles. The van der Waals surface area contributed by atoms with Crippen molar-refractivity contribution in [1.29, 1.82) is 0 Å². The van der Waals surface area contributed by atoms with Gasteiger partial charge in [-0.1, -0.05) is 6.07 Å². The fourth-order valence-corrected chi connectivity index (χ4v) is 2.81. The molecule has 0 bridgehead atoms. The largest absolute Gasteiger partial charge is 0.385 e. The van der Waals surface area contributed by atoms with E-state index in [4.69, 9.17) is 0 Å². The van der Waals surface area contributed by atoms with Crippen LogP contribution in [0.3, 0.4) is 0 Å². The molecule has 0 aromatic heterocycles. The molecule has 2 rings (SSSR count). The summed E-state index contributed by atoms with van der Waals surface area (Å²) < 4.78 is 0. The Morgan fingerprint density at radius 3 is 2.79 bits per heavy atom. The van der Waals surface area contributed by atoms with Crippen LogP contribution in [-0.4, -0.2) is 45.2 Å². The van der Waals surface area contributed by atoms with Crippen LogP contribution in [0.15, 0.2) is 18.2 Å². The lowest BCUT2D eigenvalue weighted by Crippen LogP contribution is -2.28. The smallest absolute Gasteiger partial charge is 0.0419 e. The number of fused-ring (bicyclic) bond motifs is 1. The summed E-state index contributed by atoms with van der Waals surface area (Å²) in [6, 6.07) is 6.68. The van der Waals surface area contributed by atoms with Gasteiger partial charge in [0.15, 0.2) is 0 Å². The van der Waals surface area contributed by atoms with Gasteiger partial charge in [0.2, 0.25) is 0 Å². The first-order valence-electron chi connectivity index (χ1n) is 7.47. The standard InChI is InChI=1S/C16H27N3/c1-4-19(13-7-12-18(2)3)16-10-5-9-15-14(16)8-6-11-17-15/h5,9-10,17H,4,6-8,11-13H2,1-3H3. The van der Waals surface area contributed by atoms with Crippen LogP contribution >= 0.6 is 0 Å². The van der Waals surface area contributed by atoms with E-state index in [9.17, 15) is 0 Å². The Morgan fingerprint density at radius 2 is 2.05 bits per heavy atom. The fourth-order valence-electron chi connectivity index (χ4n) is 2.81. The molecule has 3 nitrogen and oxygen atoms in total. The molecule has 0 aliphatic carbocycles. The molecule has 0 spiro atoms. The second kappa shape index (κ2) is 6.80. The van der Waals surface area contributed by atoms with E-state index < -0.39 is 0 Å². The van der Waals surface area contributed by atoms with Crippen molar-refractivity contribution >= 4 is 11.4 Å². The van der Waals surface area contributed by atoms with Gasteiger partial charge >= 0.3 is 0 Å². The zero-order valence-corrected chi connectivity index (χ0v) is 12.6.